The van der Waals surface area contributed by atoms with E-state index in [9.17, 15) is 37.5 Å². The summed E-state index contributed by atoms with van der Waals surface area (Å²) in [7, 11) is 0. The van der Waals surface area contributed by atoms with Crippen LogP contribution in [0.2, 0.25) is 0 Å². The van der Waals surface area contributed by atoms with Crippen molar-refractivity contribution in [2.45, 2.75) is 63.4 Å². The molecule has 1 fully saturated rings. The van der Waals surface area contributed by atoms with Gasteiger partial charge in [0.05, 0.1) is 6.42 Å². The molecule has 6 N–H and O–H groups in total. The molecule has 1 aromatic carbocycles. The van der Waals surface area contributed by atoms with Crippen LogP contribution in [-0.4, -0.2) is 53.5 Å². The Balaban J connectivity index is 2.17. The fraction of sp³-hybridized carbons (Fsp3) is 0.565. The molecule has 1 aliphatic rings. The number of hydrogen-bond acceptors (Lipinski definition) is 5. The van der Waals surface area contributed by atoms with Gasteiger partial charge in [-0.05, 0) is 30.7 Å². The van der Waals surface area contributed by atoms with E-state index in [1.807, 2.05) is 0 Å². The van der Waals surface area contributed by atoms with E-state index in [1.54, 1.807) is 13.8 Å². The molecular weight excluding hydrogens is 469 g/mol. The van der Waals surface area contributed by atoms with Crippen molar-refractivity contribution in [3.8, 4) is 0 Å². The zero-order chi connectivity index (χ0) is 26.4. The van der Waals surface area contributed by atoms with Gasteiger partial charge in [-0.15, -0.1) is 0 Å². The van der Waals surface area contributed by atoms with E-state index in [0.717, 1.165) is 12.1 Å². The first-order valence-corrected chi connectivity index (χ1v) is 11.3. The van der Waals surface area contributed by atoms with Crippen molar-refractivity contribution in [2.75, 3.05) is 6.54 Å². The summed E-state index contributed by atoms with van der Waals surface area (Å²) < 4.78 is 41.2. The van der Waals surface area contributed by atoms with Crippen molar-refractivity contribution in [1.82, 2.24) is 16.0 Å². The second kappa shape index (κ2) is 11.5. The molecule has 0 aliphatic carbocycles. The van der Waals surface area contributed by atoms with Gasteiger partial charge in [0.2, 0.25) is 23.6 Å². The Kier molecular flexibility index (Phi) is 9.24. The quantitative estimate of drug-likeness (QED) is 0.305. The molecule has 0 aromatic heterocycles. The van der Waals surface area contributed by atoms with Crippen LogP contribution in [0, 0.1) is 11.8 Å². The zero-order valence-corrected chi connectivity index (χ0v) is 19.5. The molecule has 1 aromatic rings. The molecule has 35 heavy (non-hydrogen) atoms. The Labute approximate surface area is 201 Å². The lowest BCUT2D eigenvalue weighted by Gasteiger charge is -2.31. The van der Waals surface area contributed by atoms with Crippen LogP contribution in [0.4, 0.5) is 13.2 Å². The molecule has 12 heteroatoms. The number of halogens is 3. The first kappa shape index (κ1) is 28.1. The van der Waals surface area contributed by atoms with Gasteiger partial charge in [0.1, 0.15) is 12.1 Å². The molecule has 1 heterocycles. The highest BCUT2D eigenvalue weighted by atomic mass is 19.4. The summed E-state index contributed by atoms with van der Waals surface area (Å²) >= 11 is 0. The Bertz CT molecular complexity index is 925. The van der Waals surface area contributed by atoms with E-state index in [-0.39, 0.29) is 24.7 Å². The van der Waals surface area contributed by atoms with E-state index >= 15 is 0 Å². The summed E-state index contributed by atoms with van der Waals surface area (Å²) in [6.45, 7) is 3.90. The Morgan fingerprint density at radius 3 is 2.26 bits per heavy atom. The first-order chi connectivity index (χ1) is 16.2. The van der Waals surface area contributed by atoms with E-state index < -0.39 is 59.5 Å². The fourth-order valence-corrected chi connectivity index (χ4v) is 3.93. The van der Waals surface area contributed by atoms with E-state index in [2.05, 4.69) is 16.0 Å². The minimum Gasteiger partial charge on any atom is -0.376 e. The van der Waals surface area contributed by atoms with Crippen molar-refractivity contribution in [3.63, 3.8) is 0 Å². The number of rotatable bonds is 11. The number of carbonyl (C=O) groups is 4. The lowest BCUT2D eigenvalue weighted by Crippen LogP contribution is -2.55. The highest BCUT2D eigenvalue weighted by molar-refractivity contribution is 5.92. The molecule has 1 aliphatic heterocycles. The monoisotopic (exact) mass is 500 g/mol. The predicted molar refractivity (Wildman–Crippen MR) is 119 cm³/mol. The number of alkyl halides is 3. The topological polar surface area (TPSA) is 151 Å². The highest BCUT2D eigenvalue weighted by Gasteiger charge is 2.56. The Hall–Kier alpha value is -3.15. The molecule has 0 saturated carbocycles. The maximum absolute atomic E-state index is 13.7. The number of hydrogen-bond donors (Lipinski definition) is 5. The van der Waals surface area contributed by atoms with Crippen LogP contribution in [0.25, 0.3) is 0 Å². The van der Waals surface area contributed by atoms with Crippen LogP contribution < -0.4 is 21.7 Å². The van der Waals surface area contributed by atoms with E-state index in [4.69, 9.17) is 5.73 Å². The third-order valence-corrected chi connectivity index (χ3v) is 5.84. The van der Waals surface area contributed by atoms with Gasteiger partial charge < -0.3 is 26.8 Å². The summed E-state index contributed by atoms with van der Waals surface area (Å²) in [4.78, 5) is 49.2. The Morgan fingerprint density at radius 2 is 1.77 bits per heavy atom. The predicted octanol–water partition coefficient (Wildman–Crippen LogP) is 0.854. The summed E-state index contributed by atoms with van der Waals surface area (Å²) in [6.07, 6.45) is -6.08. The molecule has 1 saturated heterocycles. The van der Waals surface area contributed by atoms with E-state index in [0.29, 0.717) is 13.0 Å². The first-order valence-electron chi connectivity index (χ1n) is 11.3. The van der Waals surface area contributed by atoms with Crippen molar-refractivity contribution in [3.05, 3.63) is 35.9 Å². The second-order valence-electron chi connectivity index (χ2n) is 9.13. The molecule has 9 nitrogen and oxygen atoms in total. The molecule has 0 spiro atoms. The molecular formula is C23H31F3N4O5. The van der Waals surface area contributed by atoms with Crippen LogP contribution in [0.5, 0.6) is 0 Å². The summed E-state index contributed by atoms with van der Waals surface area (Å²) in [5.74, 6) is -3.88. The molecule has 2 rings (SSSR count). The van der Waals surface area contributed by atoms with Gasteiger partial charge in [-0.2, -0.15) is 13.2 Å². The lowest BCUT2D eigenvalue weighted by molar-refractivity contribution is -0.267. The van der Waals surface area contributed by atoms with Gasteiger partial charge in [-0.3, -0.25) is 19.2 Å². The minimum absolute atomic E-state index is 0.0444. The summed E-state index contributed by atoms with van der Waals surface area (Å²) in [5, 5.41) is 17.7. The van der Waals surface area contributed by atoms with Gasteiger partial charge in [-0.25, -0.2) is 0 Å². The van der Waals surface area contributed by atoms with Crippen molar-refractivity contribution in [1.29, 1.82) is 0 Å². The summed E-state index contributed by atoms with van der Waals surface area (Å²) in [6, 6.07) is 3.66. The molecule has 4 amide bonds. The molecule has 194 valence electrons. The number of benzene rings is 1. The van der Waals surface area contributed by atoms with Crippen LogP contribution in [0.3, 0.4) is 0 Å². The number of amides is 4. The van der Waals surface area contributed by atoms with Gasteiger partial charge in [0.25, 0.3) is 0 Å². The van der Waals surface area contributed by atoms with E-state index in [1.165, 1.54) is 18.2 Å². The van der Waals surface area contributed by atoms with Crippen molar-refractivity contribution >= 4 is 23.6 Å². The van der Waals surface area contributed by atoms with Crippen LogP contribution in [-0.2, 0) is 24.8 Å². The normalized spacial score (nSPS) is 19.4. The average Bonchev–Trinajstić information content (AvgIpc) is 3.16. The smallest absolute Gasteiger partial charge is 0.376 e. The number of carbonyl (C=O) groups excluding carboxylic acids is 4. The highest BCUT2D eigenvalue weighted by Crippen LogP contribution is 2.41. The maximum atomic E-state index is 13.7. The van der Waals surface area contributed by atoms with Crippen LogP contribution in [0.15, 0.2) is 30.3 Å². The van der Waals surface area contributed by atoms with Crippen LogP contribution >= 0.6 is 0 Å². The number of nitrogens with two attached hydrogens (primary N) is 1. The summed E-state index contributed by atoms with van der Waals surface area (Å²) in [5.41, 5.74) is 1.39. The van der Waals surface area contributed by atoms with Gasteiger partial charge in [-0.1, -0.05) is 44.2 Å². The standard InChI is InChI=1S/C23H31F3N4O5/c1-13(2)10-17(21(34)30-16(19(27)32)11-14-8-9-28-20(14)33)29-18(31)12-22(35,23(24,25)26)15-6-4-3-5-7-15/h3-7,13-14,16-17,35H,8-12H2,1-2H3,(H2,27,32)(H,28,33)(H,29,31)(H,30,34)/t14-,16-,17-,22?/m0/s1. The van der Waals surface area contributed by atoms with Crippen molar-refractivity contribution in [2.24, 2.45) is 17.6 Å². The third-order valence-electron chi connectivity index (χ3n) is 5.84. The minimum atomic E-state index is -5.17. The van der Waals surface area contributed by atoms with Crippen LogP contribution in [0.1, 0.15) is 45.1 Å². The molecule has 4 atom stereocenters. The number of nitrogens with one attached hydrogen (secondary N) is 3. The average molecular weight is 501 g/mol. The SMILES string of the molecule is CC(C)C[C@H](NC(=O)CC(O)(c1ccccc1)C(F)(F)F)C(=O)N[C@@H](C[C@@H]1CCNC1=O)C(N)=O. The molecule has 0 bridgehead atoms. The Morgan fingerprint density at radius 1 is 1.14 bits per heavy atom. The third kappa shape index (κ3) is 7.41. The number of aliphatic hydroxyl groups is 1. The molecule has 0 radical (unpaired) electrons. The maximum Gasteiger partial charge on any atom is 0.421 e. The van der Waals surface area contributed by atoms with Gasteiger partial charge >= 0.3 is 6.18 Å². The van der Waals surface area contributed by atoms with Crippen molar-refractivity contribution < 1.29 is 37.5 Å². The largest absolute Gasteiger partial charge is 0.421 e. The fourth-order valence-electron chi connectivity index (χ4n) is 3.93. The van der Waals surface area contributed by atoms with Gasteiger partial charge in [0.15, 0.2) is 5.60 Å². The second-order valence-corrected chi connectivity index (χ2v) is 9.13. The number of primary amides is 1. The zero-order valence-electron chi connectivity index (χ0n) is 19.5. The molecule has 1 unspecified atom stereocenters. The lowest BCUT2D eigenvalue weighted by atomic mass is 9.89. The van der Waals surface area contributed by atoms with Gasteiger partial charge in [0, 0.05) is 12.5 Å².